The lowest BCUT2D eigenvalue weighted by molar-refractivity contribution is 0.102. The monoisotopic (exact) mass is 508 g/mol. The lowest BCUT2D eigenvalue weighted by Crippen LogP contribution is -2.18. The summed E-state index contributed by atoms with van der Waals surface area (Å²) in [6, 6.07) is 23.8. The molecule has 9 heteroatoms. The Morgan fingerprint density at radius 2 is 1.44 bits per heavy atom. The molecule has 0 radical (unpaired) electrons. The highest BCUT2D eigenvalue weighted by molar-refractivity contribution is 7.92. The van der Waals surface area contributed by atoms with E-state index in [-0.39, 0.29) is 24.4 Å². The first-order chi connectivity index (χ1) is 17.3. The van der Waals surface area contributed by atoms with Gasteiger partial charge in [-0.05, 0) is 59.5 Å². The smallest absolute Gasteiger partial charge is 0.267 e. The third-order valence-corrected chi connectivity index (χ3v) is 6.85. The largest absolute Gasteiger partial charge is 0.396 e. The zero-order valence-corrected chi connectivity index (χ0v) is 19.7. The highest BCUT2D eigenvalue weighted by atomic mass is 32.2. The van der Waals surface area contributed by atoms with Gasteiger partial charge >= 0.3 is 0 Å². The lowest BCUT2D eigenvalue weighted by atomic mass is 10.0. The summed E-state index contributed by atoms with van der Waals surface area (Å²) in [5, 5.41) is 12.0. The number of rotatable bonds is 8. The van der Waals surface area contributed by atoms with Crippen molar-refractivity contribution in [3.05, 3.63) is 114 Å². The fourth-order valence-corrected chi connectivity index (χ4v) is 4.90. The molecular formula is C27H22F2N2O4S. The van der Waals surface area contributed by atoms with Crippen LogP contribution in [0.15, 0.2) is 95.9 Å². The van der Waals surface area contributed by atoms with E-state index in [2.05, 4.69) is 10.0 Å². The van der Waals surface area contributed by atoms with Crippen molar-refractivity contribution in [2.45, 2.75) is 11.3 Å². The number of benzene rings is 4. The van der Waals surface area contributed by atoms with Gasteiger partial charge in [-0.15, -0.1) is 0 Å². The molecule has 1 amide bonds. The number of amides is 1. The molecule has 0 bridgehead atoms. The summed E-state index contributed by atoms with van der Waals surface area (Å²) in [6.07, 6.45) is 0.0762. The quantitative estimate of drug-likeness (QED) is 0.304. The standard InChI is InChI=1S/C27H22F2N2O4S/c28-23-7-4-8-24(29)26(23)36(34,35)31-25-17-22(14-13-20(25)15-16-32)30-27(33)21-11-9-19(10-12-21)18-5-2-1-3-6-18/h1-14,17,31-32H,15-16H2,(H,30,33). The summed E-state index contributed by atoms with van der Waals surface area (Å²) in [5.41, 5.74) is 2.93. The zero-order chi connectivity index (χ0) is 25.7. The van der Waals surface area contributed by atoms with Gasteiger partial charge < -0.3 is 10.4 Å². The Bertz CT molecular complexity index is 1470. The Morgan fingerprint density at radius 3 is 2.08 bits per heavy atom. The molecule has 4 rings (SSSR count). The van der Waals surface area contributed by atoms with Crippen LogP contribution in [-0.2, 0) is 16.4 Å². The number of hydrogen-bond donors (Lipinski definition) is 3. The van der Waals surface area contributed by atoms with Crippen LogP contribution < -0.4 is 10.0 Å². The average Bonchev–Trinajstić information content (AvgIpc) is 2.86. The van der Waals surface area contributed by atoms with Gasteiger partial charge in [0, 0.05) is 17.9 Å². The Labute approximate surface area is 207 Å². The van der Waals surface area contributed by atoms with Crippen molar-refractivity contribution in [1.29, 1.82) is 0 Å². The summed E-state index contributed by atoms with van der Waals surface area (Å²) < 4.78 is 55.9. The molecule has 4 aromatic carbocycles. The number of hydrogen-bond acceptors (Lipinski definition) is 4. The molecule has 6 nitrogen and oxygen atoms in total. The first kappa shape index (κ1) is 25.0. The molecule has 0 atom stereocenters. The Hall–Kier alpha value is -4.08. The van der Waals surface area contributed by atoms with Gasteiger partial charge in [0.1, 0.15) is 11.6 Å². The third-order valence-electron chi connectivity index (χ3n) is 5.44. The number of carbonyl (C=O) groups excluding carboxylic acids is 1. The molecule has 36 heavy (non-hydrogen) atoms. The van der Waals surface area contributed by atoms with E-state index in [1.807, 2.05) is 42.5 Å². The van der Waals surface area contributed by atoms with Crippen LogP contribution in [0.25, 0.3) is 11.1 Å². The number of anilines is 2. The van der Waals surface area contributed by atoms with E-state index < -0.39 is 32.5 Å². The normalized spacial score (nSPS) is 11.2. The van der Waals surface area contributed by atoms with Gasteiger partial charge in [0.05, 0.1) is 5.69 Å². The van der Waals surface area contributed by atoms with Gasteiger partial charge in [0.25, 0.3) is 15.9 Å². The van der Waals surface area contributed by atoms with Crippen LogP contribution >= 0.6 is 0 Å². The van der Waals surface area contributed by atoms with Crippen LogP contribution in [0.5, 0.6) is 0 Å². The molecule has 0 fully saturated rings. The molecule has 0 heterocycles. The van der Waals surface area contributed by atoms with E-state index in [1.165, 1.54) is 12.1 Å². The van der Waals surface area contributed by atoms with E-state index in [1.54, 1.807) is 18.2 Å². The molecule has 184 valence electrons. The van der Waals surface area contributed by atoms with Crippen LogP contribution in [0, 0.1) is 11.6 Å². The predicted molar refractivity (Wildman–Crippen MR) is 134 cm³/mol. The maximum atomic E-state index is 14.1. The molecule has 0 saturated carbocycles. The SMILES string of the molecule is O=C(Nc1ccc(CCO)c(NS(=O)(=O)c2c(F)cccc2F)c1)c1ccc(-c2ccccc2)cc1. The molecule has 3 N–H and O–H groups in total. The van der Waals surface area contributed by atoms with E-state index in [9.17, 15) is 27.1 Å². The Kier molecular flexibility index (Phi) is 7.42. The van der Waals surface area contributed by atoms with Crippen molar-refractivity contribution in [1.82, 2.24) is 0 Å². The molecule has 0 unspecified atom stereocenters. The highest BCUT2D eigenvalue weighted by Gasteiger charge is 2.25. The van der Waals surface area contributed by atoms with Crippen molar-refractivity contribution in [3.63, 3.8) is 0 Å². The summed E-state index contributed by atoms with van der Waals surface area (Å²) in [4.78, 5) is 11.7. The first-order valence-electron chi connectivity index (χ1n) is 11.0. The van der Waals surface area contributed by atoms with Crippen molar-refractivity contribution < 1.29 is 27.1 Å². The van der Waals surface area contributed by atoms with Gasteiger partial charge in [-0.3, -0.25) is 9.52 Å². The molecule has 0 aromatic heterocycles. The minimum atomic E-state index is -4.64. The molecule has 4 aromatic rings. The second kappa shape index (κ2) is 10.7. The van der Waals surface area contributed by atoms with E-state index >= 15 is 0 Å². The van der Waals surface area contributed by atoms with Crippen molar-refractivity contribution in [2.75, 3.05) is 16.6 Å². The number of aliphatic hydroxyl groups excluding tert-OH is 1. The van der Waals surface area contributed by atoms with E-state index in [4.69, 9.17) is 0 Å². The van der Waals surface area contributed by atoms with Crippen LogP contribution in [-0.4, -0.2) is 26.0 Å². The fourth-order valence-electron chi connectivity index (χ4n) is 3.67. The molecular weight excluding hydrogens is 486 g/mol. The topological polar surface area (TPSA) is 95.5 Å². The second-order valence-electron chi connectivity index (χ2n) is 7.90. The highest BCUT2D eigenvalue weighted by Crippen LogP contribution is 2.27. The predicted octanol–water partition coefficient (Wildman–Crippen LogP) is 5.22. The Morgan fingerprint density at radius 1 is 0.806 bits per heavy atom. The molecule has 0 aliphatic carbocycles. The van der Waals surface area contributed by atoms with Crippen molar-refractivity contribution in [2.24, 2.45) is 0 Å². The third kappa shape index (κ3) is 5.59. The molecule has 0 aliphatic rings. The number of halogens is 2. The fraction of sp³-hybridized carbons (Fsp3) is 0.0741. The maximum Gasteiger partial charge on any atom is 0.267 e. The summed E-state index contributed by atoms with van der Waals surface area (Å²) >= 11 is 0. The summed E-state index contributed by atoms with van der Waals surface area (Å²) in [7, 11) is -4.64. The molecule has 0 spiro atoms. The van der Waals surface area contributed by atoms with Crippen LogP contribution in [0.3, 0.4) is 0 Å². The van der Waals surface area contributed by atoms with Gasteiger partial charge in [0.15, 0.2) is 4.90 Å². The minimum absolute atomic E-state index is 0.0241. The summed E-state index contributed by atoms with van der Waals surface area (Å²) in [5.74, 6) is -2.91. The zero-order valence-electron chi connectivity index (χ0n) is 18.9. The van der Waals surface area contributed by atoms with Crippen molar-refractivity contribution in [3.8, 4) is 11.1 Å². The van der Waals surface area contributed by atoms with Gasteiger partial charge in [0.2, 0.25) is 0 Å². The van der Waals surface area contributed by atoms with E-state index in [0.29, 0.717) is 11.1 Å². The minimum Gasteiger partial charge on any atom is -0.396 e. The average molecular weight is 509 g/mol. The molecule has 0 saturated heterocycles. The van der Waals surface area contributed by atoms with Crippen LogP contribution in [0.4, 0.5) is 20.2 Å². The van der Waals surface area contributed by atoms with Crippen LogP contribution in [0.1, 0.15) is 15.9 Å². The lowest BCUT2D eigenvalue weighted by Gasteiger charge is -2.15. The first-order valence-corrected chi connectivity index (χ1v) is 12.4. The van der Waals surface area contributed by atoms with E-state index in [0.717, 1.165) is 29.3 Å². The Balaban J connectivity index is 1.58. The van der Waals surface area contributed by atoms with Gasteiger partial charge in [-0.2, -0.15) is 0 Å². The maximum absolute atomic E-state index is 14.1. The number of carbonyl (C=O) groups is 1. The second-order valence-corrected chi connectivity index (χ2v) is 9.52. The van der Waals surface area contributed by atoms with Gasteiger partial charge in [-0.25, -0.2) is 17.2 Å². The summed E-state index contributed by atoms with van der Waals surface area (Å²) in [6.45, 7) is -0.289. The number of nitrogens with one attached hydrogen (secondary N) is 2. The van der Waals surface area contributed by atoms with Crippen LogP contribution in [0.2, 0.25) is 0 Å². The van der Waals surface area contributed by atoms with Gasteiger partial charge in [-0.1, -0.05) is 54.6 Å². The van der Waals surface area contributed by atoms with Crippen molar-refractivity contribution >= 4 is 27.3 Å². The number of sulfonamides is 1. The molecule has 0 aliphatic heterocycles. The number of aliphatic hydroxyl groups is 1.